The smallest absolute Gasteiger partial charge is 0.316 e. The minimum absolute atomic E-state index is 0.185. The SMILES string of the molecule is CC(NC1CC(c2ccc(F)cc2)C1)c1ccc(NC(N)=O)cc1. The van der Waals surface area contributed by atoms with Crippen molar-refractivity contribution in [2.24, 2.45) is 5.73 Å². The number of anilines is 1. The molecule has 2 aromatic rings. The Labute approximate surface area is 141 Å². The zero-order valence-corrected chi connectivity index (χ0v) is 13.6. The Bertz CT molecular complexity index is 694. The maximum Gasteiger partial charge on any atom is 0.316 e. The minimum atomic E-state index is -0.560. The maximum absolute atomic E-state index is 13.0. The summed E-state index contributed by atoms with van der Waals surface area (Å²) in [4.78, 5) is 10.8. The third-order valence-electron chi connectivity index (χ3n) is 4.64. The zero-order chi connectivity index (χ0) is 17.1. The van der Waals surface area contributed by atoms with Crippen LogP contribution in [0, 0.1) is 5.82 Å². The van der Waals surface area contributed by atoms with Gasteiger partial charge < -0.3 is 16.4 Å². The first-order valence-corrected chi connectivity index (χ1v) is 8.19. The van der Waals surface area contributed by atoms with Crippen LogP contribution in [0.1, 0.15) is 42.9 Å². The first-order valence-electron chi connectivity index (χ1n) is 8.19. The van der Waals surface area contributed by atoms with Crippen LogP contribution < -0.4 is 16.4 Å². The van der Waals surface area contributed by atoms with Gasteiger partial charge in [-0.1, -0.05) is 24.3 Å². The number of hydrogen-bond donors (Lipinski definition) is 3. The lowest BCUT2D eigenvalue weighted by Gasteiger charge is -2.38. The van der Waals surface area contributed by atoms with E-state index in [4.69, 9.17) is 5.73 Å². The predicted molar refractivity (Wildman–Crippen MR) is 93.4 cm³/mol. The summed E-state index contributed by atoms with van der Waals surface area (Å²) in [6.07, 6.45) is 2.13. The van der Waals surface area contributed by atoms with Crippen LogP contribution in [0.2, 0.25) is 0 Å². The fourth-order valence-electron chi connectivity index (χ4n) is 3.21. The fourth-order valence-corrected chi connectivity index (χ4v) is 3.21. The number of nitrogens with two attached hydrogens (primary N) is 1. The third kappa shape index (κ3) is 3.92. The van der Waals surface area contributed by atoms with E-state index in [0.29, 0.717) is 17.6 Å². The molecular weight excluding hydrogens is 305 g/mol. The molecule has 1 atom stereocenters. The molecule has 0 aliphatic heterocycles. The molecule has 1 aliphatic carbocycles. The molecule has 1 fully saturated rings. The lowest BCUT2D eigenvalue weighted by Crippen LogP contribution is -2.41. The Morgan fingerprint density at radius 3 is 2.33 bits per heavy atom. The molecule has 0 spiro atoms. The maximum atomic E-state index is 13.0. The van der Waals surface area contributed by atoms with E-state index in [1.165, 1.54) is 17.7 Å². The first-order chi connectivity index (χ1) is 11.5. The molecule has 3 rings (SSSR count). The van der Waals surface area contributed by atoms with Crippen molar-refractivity contribution in [2.45, 2.75) is 37.8 Å². The summed E-state index contributed by atoms with van der Waals surface area (Å²) < 4.78 is 13.0. The lowest BCUT2D eigenvalue weighted by molar-refractivity contribution is 0.259. The van der Waals surface area contributed by atoms with Crippen LogP contribution in [-0.4, -0.2) is 12.1 Å². The van der Waals surface area contributed by atoms with E-state index in [-0.39, 0.29) is 11.9 Å². The molecule has 2 aromatic carbocycles. The predicted octanol–water partition coefficient (Wildman–Crippen LogP) is 3.91. The van der Waals surface area contributed by atoms with Gasteiger partial charge in [-0.25, -0.2) is 9.18 Å². The summed E-state index contributed by atoms with van der Waals surface area (Å²) in [6, 6.07) is 14.6. The van der Waals surface area contributed by atoms with E-state index in [1.54, 1.807) is 0 Å². The van der Waals surface area contributed by atoms with Gasteiger partial charge in [-0.15, -0.1) is 0 Å². The van der Waals surface area contributed by atoms with Gasteiger partial charge in [0.15, 0.2) is 0 Å². The van der Waals surface area contributed by atoms with Crippen molar-refractivity contribution in [3.05, 3.63) is 65.5 Å². The second-order valence-electron chi connectivity index (χ2n) is 6.42. The monoisotopic (exact) mass is 327 g/mol. The second-order valence-corrected chi connectivity index (χ2v) is 6.42. The van der Waals surface area contributed by atoms with Gasteiger partial charge in [0.1, 0.15) is 5.82 Å². The lowest BCUT2D eigenvalue weighted by atomic mass is 9.75. The molecule has 0 heterocycles. The number of halogens is 1. The van der Waals surface area contributed by atoms with Gasteiger partial charge >= 0.3 is 6.03 Å². The number of rotatable bonds is 5. The summed E-state index contributed by atoms with van der Waals surface area (Å²) in [5.74, 6) is 0.327. The van der Waals surface area contributed by atoms with Gasteiger partial charge in [0, 0.05) is 17.8 Å². The number of amides is 2. The molecule has 0 aromatic heterocycles. The van der Waals surface area contributed by atoms with Crippen molar-refractivity contribution >= 4 is 11.7 Å². The van der Waals surface area contributed by atoms with Crippen LogP contribution in [0.4, 0.5) is 14.9 Å². The van der Waals surface area contributed by atoms with E-state index in [9.17, 15) is 9.18 Å². The van der Waals surface area contributed by atoms with Crippen LogP contribution >= 0.6 is 0 Å². The molecule has 0 radical (unpaired) electrons. The number of carbonyl (C=O) groups is 1. The molecule has 4 N–H and O–H groups in total. The van der Waals surface area contributed by atoms with E-state index < -0.39 is 6.03 Å². The number of urea groups is 1. The van der Waals surface area contributed by atoms with Crippen LogP contribution in [-0.2, 0) is 0 Å². The third-order valence-corrected chi connectivity index (χ3v) is 4.64. The van der Waals surface area contributed by atoms with Crippen molar-refractivity contribution in [1.82, 2.24) is 5.32 Å². The van der Waals surface area contributed by atoms with E-state index in [1.807, 2.05) is 36.4 Å². The average Bonchev–Trinajstić information content (AvgIpc) is 2.51. The molecule has 24 heavy (non-hydrogen) atoms. The summed E-state index contributed by atoms with van der Waals surface area (Å²) in [6.45, 7) is 2.13. The molecule has 126 valence electrons. The molecule has 5 heteroatoms. The molecule has 1 aliphatic rings. The molecule has 1 unspecified atom stereocenters. The Balaban J connectivity index is 1.50. The number of primary amides is 1. The summed E-state index contributed by atoms with van der Waals surface area (Å²) >= 11 is 0. The van der Waals surface area contributed by atoms with Gasteiger partial charge in [-0.05, 0) is 61.1 Å². The van der Waals surface area contributed by atoms with E-state index >= 15 is 0 Å². The molecule has 0 bridgehead atoms. The summed E-state index contributed by atoms with van der Waals surface area (Å²) in [5.41, 5.74) is 8.17. The van der Waals surface area contributed by atoms with Gasteiger partial charge in [0.2, 0.25) is 0 Å². The quantitative estimate of drug-likeness (QED) is 0.779. The Morgan fingerprint density at radius 2 is 1.75 bits per heavy atom. The highest BCUT2D eigenvalue weighted by Crippen LogP contribution is 2.38. The number of nitrogens with one attached hydrogen (secondary N) is 2. The van der Waals surface area contributed by atoms with E-state index in [0.717, 1.165) is 18.4 Å². The van der Waals surface area contributed by atoms with Gasteiger partial charge in [-0.2, -0.15) is 0 Å². The zero-order valence-electron chi connectivity index (χ0n) is 13.6. The summed E-state index contributed by atoms with van der Waals surface area (Å²) in [7, 11) is 0. The first kappa shape index (κ1) is 16.5. The van der Waals surface area contributed by atoms with Crippen LogP contribution in [0.3, 0.4) is 0 Å². The normalized spacial score (nSPS) is 20.9. The number of benzene rings is 2. The Morgan fingerprint density at radius 1 is 1.12 bits per heavy atom. The summed E-state index contributed by atoms with van der Waals surface area (Å²) in [5, 5.41) is 6.17. The molecule has 1 saturated carbocycles. The topological polar surface area (TPSA) is 67.2 Å². The second kappa shape index (κ2) is 7.01. The largest absolute Gasteiger partial charge is 0.351 e. The highest BCUT2D eigenvalue weighted by atomic mass is 19.1. The Kier molecular flexibility index (Phi) is 4.81. The van der Waals surface area contributed by atoms with E-state index in [2.05, 4.69) is 17.6 Å². The van der Waals surface area contributed by atoms with Gasteiger partial charge in [0.05, 0.1) is 0 Å². The molecular formula is C19H22FN3O. The minimum Gasteiger partial charge on any atom is -0.351 e. The molecule has 4 nitrogen and oxygen atoms in total. The van der Waals surface area contributed by atoms with Crippen LogP contribution in [0.5, 0.6) is 0 Å². The molecule has 2 amide bonds. The highest BCUT2D eigenvalue weighted by Gasteiger charge is 2.31. The van der Waals surface area contributed by atoms with Crippen molar-refractivity contribution in [3.8, 4) is 0 Å². The standard InChI is InChI=1S/C19H22FN3O/c1-12(13-4-8-17(9-5-13)23-19(21)24)22-18-10-15(11-18)14-2-6-16(20)7-3-14/h2-9,12,15,18,22H,10-11H2,1H3,(H3,21,23,24). The van der Waals surface area contributed by atoms with Crippen molar-refractivity contribution in [3.63, 3.8) is 0 Å². The van der Waals surface area contributed by atoms with Crippen LogP contribution in [0.25, 0.3) is 0 Å². The van der Waals surface area contributed by atoms with Crippen molar-refractivity contribution < 1.29 is 9.18 Å². The fraction of sp³-hybridized carbons (Fsp3) is 0.316. The van der Waals surface area contributed by atoms with Crippen LogP contribution in [0.15, 0.2) is 48.5 Å². The number of hydrogen-bond acceptors (Lipinski definition) is 2. The Hall–Kier alpha value is -2.40. The average molecular weight is 327 g/mol. The van der Waals surface area contributed by atoms with Gasteiger partial charge in [0.25, 0.3) is 0 Å². The molecule has 0 saturated heterocycles. The number of carbonyl (C=O) groups excluding carboxylic acids is 1. The van der Waals surface area contributed by atoms with Crippen molar-refractivity contribution in [2.75, 3.05) is 5.32 Å². The van der Waals surface area contributed by atoms with Crippen molar-refractivity contribution in [1.29, 1.82) is 0 Å². The highest BCUT2D eigenvalue weighted by molar-refractivity contribution is 5.87. The van der Waals surface area contributed by atoms with Gasteiger partial charge in [-0.3, -0.25) is 0 Å².